The van der Waals surface area contributed by atoms with Crippen LogP contribution in [-0.2, 0) is 0 Å². The van der Waals surface area contributed by atoms with Gasteiger partial charge < -0.3 is 10.6 Å². The highest BCUT2D eigenvalue weighted by Gasteiger charge is 2.07. The van der Waals surface area contributed by atoms with E-state index >= 15 is 0 Å². The molecule has 0 unspecified atom stereocenters. The highest BCUT2D eigenvalue weighted by molar-refractivity contribution is 7.98. The number of nitrogens with one attached hydrogen (secondary N) is 3. The minimum absolute atomic E-state index is 0.599. The molecule has 0 spiro atoms. The van der Waals surface area contributed by atoms with Gasteiger partial charge in [0.2, 0.25) is 5.95 Å². The van der Waals surface area contributed by atoms with Gasteiger partial charge in [-0.15, -0.1) is 0 Å². The van der Waals surface area contributed by atoms with Crippen molar-refractivity contribution in [1.29, 1.82) is 0 Å². The molecule has 0 atom stereocenters. The van der Waals surface area contributed by atoms with Crippen LogP contribution in [0.2, 0.25) is 0 Å². The first-order chi connectivity index (χ1) is 9.35. The first-order valence-electron chi connectivity index (χ1n) is 6.47. The third-order valence-corrected chi connectivity index (χ3v) is 3.55. The molecule has 0 radical (unpaired) electrons. The first kappa shape index (κ1) is 13.9. The number of rotatable bonds is 8. The molecule has 0 aromatic carbocycles. The molecule has 0 fully saturated rings. The standard InChI is InChI=1S/C12H20N6S/c1-13-12-16-10(9-8-15-18-11(9)17-12)14-6-4-3-5-7-19-2/h8H,3-7H2,1-2H3,(H3,13,14,15,16,17,18). The number of H-pyrrole nitrogens is 1. The highest BCUT2D eigenvalue weighted by Crippen LogP contribution is 2.19. The molecular weight excluding hydrogens is 260 g/mol. The van der Waals surface area contributed by atoms with Gasteiger partial charge in [0.1, 0.15) is 5.82 Å². The Labute approximate surface area is 117 Å². The van der Waals surface area contributed by atoms with Crippen LogP contribution < -0.4 is 10.6 Å². The number of hydrogen-bond donors (Lipinski definition) is 3. The Kier molecular flexibility index (Phi) is 5.26. The fourth-order valence-corrected chi connectivity index (χ4v) is 2.33. The number of aromatic nitrogens is 4. The van der Waals surface area contributed by atoms with E-state index in [1.807, 2.05) is 18.8 Å². The molecule has 0 bridgehead atoms. The molecule has 7 heteroatoms. The SMILES string of the molecule is CNc1nc(NCCCCCSC)c2cn[nH]c2n1. The molecule has 2 aromatic heterocycles. The lowest BCUT2D eigenvalue weighted by atomic mass is 10.2. The summed E-state index contributed by atoms with van der Waals surface area (Å²) in [4.78, 5) is 8.73. The van der Waals surface area contributed by atoms with E-state index in [4.69, 9.17) is 0 Å². The zero-order valence-corrected chi connectivity index (χ0v) is 12.2. The predicted molar refractivity (Wildman–Crippen MR) is 82.0 cm³/mol. The quantitative estimate of drug-likeness (QED) is 0.644. The summed E-state index contributed by atoms with van der Waals surface area (Å²) in [6.07, 6.45) is 7.57. The van der Waals surface area contributed by atoms with Gasteiger partial charge in [-0.3, -0.25) is 5.10 Å². The summed E-state index contributed by atoms with van der Waals surface area (Å²) in [7, 11) is 1.81. The number of thioether (sulfide) groups is 1. The third kappa shape index (κ3) is 3.73. The molecule has 0 aliphatic carbocycles. The smallest absolute Gasteiger partial charge is 0.226 e. The number of hydrogen-bond acceptors (Lipinski definition) is 6. The third-order valence-electron chi connectivity index (χ3n) is 2.85. The molecule has 2 aromatic rings. The van der Waals surface area contributed by atoms with Gasteiger partial charge in [0, 0.05) is 13.6 Å². The van der Waals surface area contributed by atoms with E-state index in [0.29, 0.717) is 5.95 Å². The molecule has 0 saturated carbocycles. The normalized spacial score (nSPS) is 10.8. The Morgan fingerprint density at radius 1 is 1.26 bits per heavy atom. The van der Waals surface area contributed by atoms with Gasteiger partial charge in [0.05, 0.1) is 11.6 Å². The molecule has 6 nitrogen and oxygen atoms in total. The van der Waals surface area contributed by atoms with Gasteiger partial charge in [-0.2, -0.15) is 26.8 Å². The van der Waals surface area contributed by atoms with Gasteiger partial charge in [-0.25, -0.2) is 0 Å². The van der Waals surface area contributed by atoms with Gasteiger partial charge in [-0.05, 0) is 24.9 Å². The summed E-state index contributed by atoms with van der Waals surface area (Å²) in [5, 5.41) is 14.1. The monoisotopic (exact) mass is 280 g/mol. The minimum atomic E-state index is 0.599. The van der Waals surface area contributed by atoms with Crippen molar-refractivity contribution in [3.63, 3.8) is 0 Å². The molecule has 2 heterocycles. The van der Waals surface area contributed by atoms with Crippen LogP contribution in [0, 0.1) is 0 Å². The molecule has 104 valence electrons. The van der Waals surface area contributed by atoms with Crippen LogP contribution in [0.15, 0.2) is 6.20 Å². The summed E-state index contributed by atoms with van der Waals surface area (Å²) in [6.45, 7) is 0.925. The van der Waals surface area contributed by atoms with Crippen LogP contribution in [-0.4, -0.2) is 45.8 Å². The Balaban J connectivity index is 1.93. The second kappa shape index (κ2) is 7.18. The van der Waals surface area contributed by atoms with Gasteiger partial charge in [0.25, 0.3) is 0 Å². The zero-order valence-electron chi connectivity index (χ0n) is 11.4. The number of anilines is 2. The van der Waals surface area contributed by atoms with Crippen molar-refractivity contribution < 1.29 is 0 Å². The summed E-state index contributed by atoms with van der Waals surface area (Å²) in [5.41, 5.74) is 0.754. The van der Waals surface area contributed by atoms with Crippen LogP contribution in [0.5, 0.6) is 0 Å². The summed E-state index contributed by atoms with van der Waals surface area (Å²) >= 11 is 1.90. The largest absolute Gasteiger partial charge is 0.369 e. The number of aromatic amines is 1. The number of unbranched alkanes of at least 4 members (excludes halogenated alkanes) is 2. The Morgan fingerprint density at radius 3 is 2.95 bits per heavy atom. The van der Waals surface area contributed by atoms with Crippen LogP contribution >= 0.6 is 11.8 Å². The van der Waals surface area contributed by atoms with Crippen LogP contribution in [0.1, 0.15) is 19.3 Å². The van der Waals surface area contributed by atoms with Crippen molar-refractivity contribution in [1.82, 2.24) is 20.2 Å². The van der Waals surface area contributed by atoms with Crippen molar-refractivity contribution >= 4 is 34.6 Å². The molecule has 0 aliphatic rings. The van der Waals surface area contributed by atoms with E-state index in [1.165, 1.54) is 18.6 Å². The topological polar surface area (TPSA) is 78.5 Å². The Morgan fingerprint density at radius 2 is 2.16 bits per heavy atom. The van der Waals surface area contributed by atoms with Crippen LogP contribution in [0.25, 0.3) is 11.0 Å². The van der Waals surface area contributed by atoms with Gasteiger partial charge >= 0.3 is 0 Å². The highest BCUT2D eigenvalue weighted by atomic mass is 32.2. The number of nitrogens with zero attached hydrogens (tertiary/aromatic N) is 3. The summed E-state index contributed by atoms with van der Waals surface area (Å²) in [5.74, 6) is 2.68. The molecule has 0 amide bonds. The molecule has 19 heavy (non-hydrogen) atoms. The maximum atomic E-state index is 4.43. The second-order valence-electron chi connectivity index (χ2n) is 4.26. The van der Waals surface area contributed by atoms with E-state index in [-0.39, 0.29) is 0 Å². The molecular formula is C12H20N6S. The zero-order chi connectivity index (χ0) is 13.5. The minimum Gasteiger partial charge on any atom is -0.369 e. The maximum Gasteiger partial charge on any atom is 0.226 e. The lowest BCUT2D eigenvalue weighted by Gasteiger charge is -2.08. The van der Waals surface area contributed by atoms with Crippen molar-refractivity contribution in [3.8, 4) is 0 Å². The lowest BCUT2D eigenvalue weighted by molar-refractivity contribution is 0.748. The average Bonchev–Trinajstić information content (AvgIpc) is 2.90. The van der Waals surface area contributed by atoms with E-state index in [2.05, 4.69) is 37.1 Å². The van der Waals surface area contributed by atoms with E-state index in [1.54, 1.807) is 6.20 Å². The van der Waals surface area contributed by atoms with Crippen molar-refractivity contribution in [2.45, 2.75) is 19.3 Å². The Bertz CT molecular complexity index is 512. The predicted octanol–water partition coefficient (Wildman–Crippen LogP) is 2.34. The molecule has 3 N–H and O–H groups in total. The van der Waals surface area contributed by atoms with E-state index < -0.39 is 0 Å². The number of fused-ring (bicyclic) bond motifs is 1. The molecule has 0 saturated heterocycles. The molecule has 0 aliphatic heterocycles. The van der Waals surface area contributed by atoms with Gasteiger partial charge in [0.15, 0.2) is 5.65 Å². The fourth-order valence-electron chi connectivity index (χ4n) is 1.84. The van der Waals surface area contributed by atoms with Crippen molar-refractivity contribution in [3.05, 3.63) is 6.20 Å². The fraction of sp³-hybridized carbons (Fsp3) is 0.583. The average molecular weight is 280 g/mol. The van der Waals surface area contributed by atoms with Crippen molar-refractivity contribution in [2.75, 3.05) is 36.2 Å². The Hall–Kier alpha value is -1.50. The van der Waals surface area contributed by atoms with Gasteiger partial charge in [-0.1, -0.05) is 6.42 Å². The molecule has 2 rings (SSSR count). The van der Waals surface area contributed by atoms with Crippen molar-refractivity contribution in [2.24, 2.45) is 0 Å². The summed E-state index contributed by atoms with van der Waals surface area (Å²) in [6, 6.07) is 0. The maximum absolute atomic E-state index is 4.43. The lowest BCUT2D eigenvalue weighted by Crippen LogP contribution is -2.06. The summed E-state index contributed by atoms with van der Waals surface area (Å²) < 4.78 is 0. The first-order valence-corrected chi connectivity index (χ1v) is 7.86. The second-order valence-corrected chi connectivity index (χ2v) is 5.24. The van der Waals surface area contributed by atoms with E-state index in [9.17, 15) is 0 Å². The van der Waals surface area contributed by atoms with Crippen LogP contribution in [0.4, 0.5) is 11.8 Å². The van der Waals surface area contributed by atoms with E-state index in [0.717, 1.165) is 29.8 Å². The van der Waals surface area contributed by atoms with Crippen LogP contribution in [0.3, 0.4) is 0 Å².